The van der Waals surface area contributed by atoms with Gasteiger partial charge in [0.15, 0.2) is 0 Å². The van der Waals surface area contributed by atoms with Crippen molar-refractivity contribution in [1.82, 2.24) is 9.78 Å². The van der Waals surface area contributed by atoms with Gasteiger partial charge in [-0.25, -0.2) is 13.6 Å². The fourth-order valence-electron chi connectivity index (χ4n) is 1.15. The van der Waals surface area contributed by atoms with E-state index in [-0.39, 0.29) is 4.90 Å². The van der Waals surface area contributed by atoms with Crippen molar-refractivity contribution in [3.8, 4) is 0 Å². The van der Waals surface area contributed by atoms with E-state index in [1.54, 1.807) is 11.6 Å². The molecule has 1 heterocycles. The second-order valence-electron chi connectivity index (χ2n) is 2.86. The molecule has 0 aliphatic heterocycles. The van der Waals surface area contributed by atoms with Gasteiger partial charge in [0.1, 0.15) is 4.90 Å². The topological polar surface area (TPSA) is 78.0 Å². The number of hydrogen-bond donors (Lipinski definition) is 1. The van der Waals surface area contributed by atoms with Crippen molar-refractivity contribution in [2.24, 2.45) is 5.14 Å². The summed E-state index contributed by atoms with van der Waals surface area (Å²) < 4.78 is 23.6. The highest BCUT2D eigenvalue weighted by molar-refractivity contribution is 7.89. The van der Waals surface area contributed by atoms with E-state index in [1.165, 1.54) is 6.20 Å². The van der Waals surface area contributed by atoms with Gasteiger partial charge in [0.05, 0.1) is 11.9 Å². The lowest BCUT2D eigenvalue weighted by Crippen LogP contribution is -2.13. The van der Waals surface area contributed by atoms with Gasteiger partial charge in [0, 0.05) is 6.54 Å². The lowest BCUT2D eigenvalue weighted by Gasteiger charge is -2.01. The van der Waals surface area contributed by atoms with Crippen LogP contribution in [0.25, 0.3) is 0 Å². The lowest BCUT2D eigenvalue weighted by molar-refractivity contribution is 0.580. The van der Waals surface area contributed by atoms with Gasteiger partial charge in [-0.3, -0.25) is 4.68 Å². The van der Waals surface area contributed by atoms with Crippen molar-refractivity contribution in [3.05, 3.63) is 11.9 Å². The largest absolute Gasteiger partial charge is 0.268 e. The predicted octanol–water partition coefficient (Wildman–Crippen LogP) is 0.249. The van der Waals surface area contributed by atoms with Gasteiger partial charge in [-0.2, -0.15) is 5.10 Å². The standard InChI is InChI=1S/C7H13N3O2S/c1-3-4-10-6(2)7(5-9-10)13(8,11)12/h5H,3-4H2,1-2H3,(H2,8,11,12). The molecule has 0 aliphatic carbocycles. The first-order valence-electron chi connectivity index (χ1n) is 4.02. The molecule has 0 amide bonds. The Morgan fingerprint density at radius 3 is 2.62 bits per heavy atom. The number of aromatic nitrogens is 2. The van der Waals surface area contributed by atoms with Crippen LogP contribution in [0.4, 0.5) is 0 Å². The molecule has 0 unspecified atom stereocenters. The van der Waals surface area contributed by atoms with Gasteiger partial charge >= 0.3 is 0 Å². The molecule has 0 bridgehead atoms. The molecule has 5 nitrogen and oxygen atoms in total. The Morgan fingerprint density at radius 1 is 1.62 bits per heavy atom. The van der Waals surface area contributed by atoms with Crippen LogP contribution < -0.4 is 5.14 Å². The van der Waals surface area contributed by atoms with Gasteiger partial charge in [0.25, 0.3) is 0 Å². The SMILES string of the molecule is CCCn1ncc(S(N)(=O)=O)c1C. The van der Waals surface area contributed by atoms with Crippen molar-refractivity contribution in [2.45, 2.75) is 31.7 Å². The minimum atomic E-state index is -3.61. The van der Waals surface area contributed by atoms with Gasteiger partial charge in [-0.05, 0) is 13.3 Å². The zero-order valence-electron chi connectivity index (χ0n) is 7.69. The zero-order chi connectivity index (χ0) is 10.1. The van der Waals surface area contributed by atoms with E-state index in [0.29, 0.717) is 12.2 Å². The highest BCUT2D eigenvalue weighted by atomic mass is 32.2. The third-order valence-corrected chi connectivity index (χ3v) is 2.81. The first kappa shape index (κ1) is 10.2. The van der Waals surface area contributed by atoms with Gasteiger partial charge in [-0.15, -0.1) is 0 Å². The number of rotatable bonds is 3. The van der Waals surface area contributed by atoms with Gasteiger partial charge < -0.3 is 0 Å². The van der Waals surface area contributed by atoms with E-state index in [9.17, 15) is 8.42 Å². The molecule has 0 aromatic carbocycles. The highest BCUT2D eigenvalue weighted by Crippen LogP contribution is 2.12. The molecule has 6 heteroatoms. The first-order chi connectivity index (χ1) is 5.96. The molecular weight excluding hydrogens is 190 g/mol. The maximum absolute atomic E-state index is 11.0. The summed E-state index contributed by atoms with van der Waals surface area (Å²) in [7, 11) is -3.61. The van der Waals surface area contributed by atoms with E-state index in [0.717, 1.165) is 6.42 Å². The zero-order valence-corrected chi connectivity index (χ0v) is 8.50. The van der Waals surface area contributed by atoms with Crippen LogP contribution in [0.2, 0.25) is 0 Å². The number of hydrogen-bond acceptors (Lipinski definition) is 3. The molecule has 0 fully saturated rings. The molecule has 0 saturated carbocycles. The molecule has 0 spiro atoms. The minimum Gasteiger partial charge on any atom is -0.268 e. The number of nitrogens with zero attached hydrogens (tertiary/aromatic N) is 2. The Balaban J connectivity index is 3.14. The van der Waals surface area contributed by atoms with E-state index in [4.69, 9.17) is 5.14 Å². The molecule has 0 saturated heterocycles. The average Bonchev–Trinajstić information content (AvgIpc) is 2.32. The van der Waals surface area contributed by atoms with Gasteiger partial charge in [-0.1, -0.05) is 6.92 Å². The molecule has 0 aliphatic rings. The van der Waals surface area contributed by atoms with Gasteiger partial charge in [0.2, 0.25) is 10.0 Å². The van der Waals surface area contributed by atoms with Crippen LogP contribution in [0.3, 0.4) is 0 Å². The Hall–Kier alpha value is -0.880. The van der Waals surface area contributed by atoms with Crippen molar-refractivity contribution in [1.29, 1.82) is 0 Å². The summed E-state index contributed by atoms with van der Waals surface area (Å²) in [6.45, 7) is 4.40. The number of primary sulfonamides is 1. The maximum atomic E-state index is 11.0. The van der Waals surface area contributed by atoms with E-state index in [1.807, 2.05) is 6.92 Å². The predicted molar refractivity (Wildman–Crippen MR) is 48.6 cm³/mol. The van der Waals surface area contributed by atoms with E-state index < -0.39 is 10.0 Å². The molecule has 13 heavy (non-hydrogen) atoms. The lowest BCUT2D eigenvalue weighted by atomic mass is 10.4. The third-order valence-electron chi connectivity index (χ3n) is 1.80. The van der Waals surface area contributed by atoms with Crippen LogP contribution >= 0.6 is 0 Å². The second kappa shape index (κ2) is 3.47. The molecular formula is C7H13N3O2S. The third kappa shape index (κ3) is 2.07. The van der Waals surface area contributed by atoms with Crippen molar-refractivity contribution >= 4 is 10.0 Å². The first-order valence-corrected chi connectivity index (χ1v) is 5.56. The van der Waals surface area contributed by atoms with Crippen LogP contribution in [0.5, 0.6) is 0 Å². The van der Waals surface area contributed by atoms with Crippen LogP contribution in [0, 0.1) is 6.92 Å². The Morgan fingerprint density at radius 2 is 2.23 bits per heavy atom. The van der Waals surface area contributed by atoms with E-state index >= 15 is 0 Å². The van der Waals surface area contributed by atoms with Crippen LogP contribution in [0.1, 0.15) is 19.0 Å². The number of nitrogens with two attached hydrogens (primary N) is 1. The Kier molecular flexibility index (Phi) is 2.72. The highest BCUT2D eigenvalue weighted by Gasteiger charge is 2.15. The molecule has 2 N–H and O–H groups in total. The molecule has 0 radical (unpaired) electrons. The fraction of sp³-hybridized carbons (Fsp3) is 0.571. The molecule has 74 valence electrons. The summed E-state index contributed by atoms with van der Waals surface area (Å²) in [5.41, 5.74) is 0.601. The van der Waals surface area contributed by atoms with Crippen molar-refractivity contribution in [3.63, 3.8) is 0 Å². The second-order valence-corrected chi connectivity index (χ2v) is 4.39. The minimum absolute atomic E-state index is 0.112. The maximum Gasteiger partial charge on any atom is 0.241 e. The Bertz CT molecular complexity index is 394. The van der Waals surface area contributed by atoms with Crippen LogP contribution in [-0.4, -0.2) is 18.2 Å². The Labute approximate surface area is 77.6 Å². The van der Waals surface area contributed by atoms with Crippen LogP contribution in [0.15, 0.2) is 11.1 Å². The van der Waals surface area contributed by atoms with Crippen molar-refractivity contribution < 1.29 is 8.42 Å². The van der Waals surface area contributed by atoms with E-state index in [2.05, 4.69) is 5.10 Å². The smallest absolute Gasteiger partial charge is 0.241 e. The summed E-state index contributed by atoms with van der Waals surface area (Å²) in [6.07, 6.45) is 2.20. The number of aryl methyl sites for hydroxylation is 1. The molecule has 0 atom stereocenters. The fourth-order valence-corrected chi connectivity index (χ4v) is 1.86. The number of sulfonamides is 1. The van der Waals surface area contributed by atoms with Crippen LogP contribution in [-0.2, 0) is 16.6 Å². The molecule has 1 rings (SSSR count). The normalized spacial score (nSPS) is 11.9. The quantitative estimate of drug-likeness (QED) is 0.764. The summed E-state index contributed by atoms with van der Waals surface area (Å²) in [5, 5.41) is 8.92. The summed E-state index contributed by atoms with van der Waals surface area (Å²) in [6, 6.07) is 0. The molecule has 1 aromatic rings. The summed E-state index contributed by atoms with van der Waals surface area (Å²) in [5.74, 6) is 0. The van der Waals surface area contributed by atoms with Crippen molar-refractivity contribution in [2.75, 3.05) is 0 Å². The molecule has 1 aromatic heterocycles. The summed E-state index contributed by atoms with van der Waals surface area (Å²) >= 11 is 0. The average molecular weight is 203 g/mol. The summed E-state index contributed by atoms with van der Waals surface area (Å²) in [4.78, 5) is 0.112. The monoisotopic (exact) mass is 203 g/mol.